The van der Waals surface area contributed by atoms with E-state index in [1.807, 2.05) is 23.1 Å². The smallest absolute Gasteiger partial charge is 0.238 e. The van der Waals surface area contributed by atoms with Crippen molar-refractivity contribution in [2.45, 2.75) is 19.2 Å². The SMILES string of the molecule is Cc1cc(C)cc(N2C(=O)CSC2c2ccccc2Br)c1. The van der Waals surface area contributed by atoms with Gasteiger partial charge in [-0.15, -0.1) is 11.8 Å². The van der Waals surface area contributed by atoms with Gasteiger partial charge in [0.2, 0.25) is 5.91 Å². The molecule has 4 heteroatoms. The van der Waals surface area contributed by atoms with Crippen LogP contribution in [0.3, 0.4) is 0 Å². The number of nitrogens with zero attached hydrogens (tertiary/aromatic N) is 1. The Kier molecular flexibility index (Phi) is 4.09. The Balaban J connectivity index is 2.06. The van der Waals surface area contributed by atoms with Crippen LogP contribution in [0, 0.1) is 13.8 Å². The summed E-state index contributed by atoms with van der Waals surface area (Å²) in [4.78, 5) is 14.3. The van der Waals surface area contributed by atoms with Crippen LogP contribution >= 0.6 is 27.7 Å². The van der Waals surface area contributed by atoms with Crippen molar-refractivity contribution in [1.29, 1.82) is 0 Å². The van der Waals surface area contributed by atoms with E-state index in [9.17, 15) is 4.79 Å². The van der Waals surface area contributed by atoms with Crippen LogP contribution in [0.15, 0.2) is 46.9 Å². The zero-order valence-electron chi connectivity index (χ0n) is 12.0. The van der Waals surface area contributed by atoms with Gasteiger partial charge in [-0.25, -0.2) is 0 Å². The molecule has 108 valence electrons. The second kappa shape index (κ2) is 5.85. The molecule has 0 aliphatic carbocycles. The molecule has 2 aromatic rings. The van der Waals surface area contributed by atoms with E-state index < -0.39 is 0 Å². The highest BCUT2D eigenvalue weighted by Crippen LogP contribution is 2.44. The molecule has 1 aliphatic rings. The third-order valence-corrected chi connectivity index (χ3v) is 5.44. The molecule has 1 aliphatic heterocycles. The van der Waals surface area contributed by atoms with E-state index in [4.69, 9.17) is 0 Å². The first-order valence-corrected chi connectivity index (χ1v) is 8.67. The maximum Gasteiger partial charge on any atom is 0.238 e. The first kappa shape index (κ1) is 14.7. The van der Waals surface area contributed by atoms with Crippen molar-refractivity contribution in [2.24, 2.45) is 0 Å². The third-order valence-electron chi connectivity index (χ3n) is 3.52. The number of rotatable bonds is 2. The summed E-state index contributed by atoms with van der Waals surface area (Å²) in [6, 6.07) is 14.4. The van der Waals surface area contributed by atoms with Gasteiger partial charge in [-0.1, -0.05) is 40.2 Å². The van der Waals surface area contributed by atoms with Crippen molar-refractivity contribution in [3.63, 3.8) is 0 Å². The van der Waals surface area contributed by atoms with Crippen LogP contribution in [0.4, 0.5) is 5.69 Å². The van der Waals surface area contributed by atoms with Gasteiger partial charge in [-0.2, -0.15) is 0 Å². The molecule has 1 fully saturated rings. The maximum absolute atomic E-state index is 12.4. The Hall–Kier alpha value is -1.26. The zero-order chi connectivity index (χ0) is 15.0. The molecule has 1 saturated heterocycles. The van der Waals surface area contributed by atoms with Crippen LogP contribution in [-0.4, -0.2) is 11.7 Å². The predicted octanol–water partition coefficient (Wildman–Crippen LogP) is 4.84. The molecule has 0 spiro atoms. The summed E-state index contributed by atoms with van der Waals surface area (Å²) in [5, 5.41) is 0.0364. The normalized spacial score (nSPS) is 18.3. The van der Waals surface area contributed by atoms with E-state index in [0.717, 1.165) is 15.7 Å². The minimum atomic E-state index is 0.0364. The first-order valence-electron chi connectivity index (χ1n) is 6.82. The number of anilines is 1. The van der Waals surface area contributed by atoms with Crippen molar-refractivity contribution in [3.05, 3.63) is 63.6 Å². The molecule has 0 N–H and O–H groups in total. The number of aryl methyl sites for hydroxylation is 2. The van der Waals surface area contributed by atoms with E-state index in [1.54, 1.807) is 11.8 Å². The minimum absolute atomic E-state index is 0.0364. The number of hydrogen-bond donors (Lipinski definition) is 0. The number of carbonyl (C=O) groups is 1. The summed E-state index contributed by atoms with van der Waals surface area (Å²) in [5.74, 6) is 0.699. The summed E-state index contributed by atoms with van der Waals surface area (Å²) in [7, 11) is 0. The molecule has 2 nitrogen and oxygen atoms in total. The van der Waals surface area contributed by atoms with Gasteiger partial charge in [-0.3, -0.25) is 9.69 Å². The molecule has 2 aromatic carbocycles. The Morgan fingerprint density at radius 3 is 2.48 bits per heavy atom. The monoisotopic (exact) mass is 361 g/mol. The Morgan fingerprint density at radius 2 is 1.81 bits per heavy atom. The summed E-state index contributed by atoms with van der Waals surface area (Å²) in [5.41, 5.74) is 4.50. The van der Waals surface area contributed by atoms with Gasteiger partial charge >= 0.3 is 0 Å². The van der Waals surface area contributed by atoms with Crippen molar-refractivity contribution in [3.8, 4) is 0 Å². The average Bonchev–Trinajstić information content (AvgIpc) is 2.80. The fourth-order valence-electron chi connectivity index (χ4n) is 2.70. The highest BCUT2D eigenvalue weighted by atomic mass is 79.9. The first-order chi connectivity index (χ1) is 10.1. The highest BCUT2D eigenvalue weighted by Gasteiger charge is 2.35. The van der Waals surface area contributed by atoms with Gasteiger partial charge in [0, 0.05) is 10.2 Å². The van der Waals surface area contributed by atoms with Crippen molar-refractivity contribution in [2.75, 3.05) is 10.7 Å². The van der Waals surface area contributed by atoms with E-state index in [2.05, 4.69) is 54.0 Å². The van der Waals surface area contributed by atoms with Crippen LogP contribution in [0.2, 0.25) is 0 Å². The van der Waals surface area contributed by atoms with Crippen LogP contribution in [-0.2, 0) is 4.79 Å². The summed E-state index contributed by atoms with van der Waals surface area (Å²) < 4.78 is 1.05. The number of halogens is 1. The van der Waals surface area contributed by atoms with E-state index >= 15 is 0 Å². The predicted molar refractivity (Wildman–Crippen MR) is 92.7 cm³/mol. The fourth-order valence-corrected chi connectivity index (χ4v) is 4.56. The largest absolute Gasteiger partial charge is 0.295 e. The Labute approximate surface area is 137 Å². The molecule has 0 aromatic heterocycles. The number of carbonyl (C=O) groups excluding carboxylic acids is 1. The van der Waals surface area contributed by atoms with Crippen LogP contribution in [0.1, 0.15) is 22.1 Å². The molecule has 21 heavy (non-hydrogen) atoms. The molecule has 0 radical (unpaired) electrons. The van der Waals surface area contributed by atoms with E-state index in [0.29, 0.717) is 5.75 Å². The molecule has 1 heterocycles. The lowest BCUT2D eigenvalue weighted by Gasteiger charge is -2.25. The van der Waals surface area contributed by atoms with Crippen molar-refractivity contribution in [1.82, 2.24) is 0 Å². The molecule has 0 bridgehead atoms. The molecule has 3 rings (SSSR count). The Bertz CT molecular complexity index is 681. The topological polar surface area (TPSA) is 20.3 Å². The lowest BCUT2D eigenvalue weighted by atomic mass is 10.1. The van der Waals surface area contributed by atoms with Gasteiger partial charge in [0.15, 0.2) is 0 Å². The van der Waals surface area contributed by atoms with Gasteiger partial charge in [0.05, 0.1) is 5.75 Å². The van der Waals surface area contributed by atoms with Crippen LogP contribution in [0.25, 0.3) is 0 Å². The second-order valence-corrected chi connectivity index (χ2v) is 7.22. The number of thioether (sulfide) groups is 1. The average molecular weight is 362 g/mol. The summed E-state index contributed by atoms with van der Waals surface area (Å²) in [6.07, 6.45) is 0. The summed E-state index contributed by atoms with van der Waals surface area (Å²) >= 11 is 5.28. The lowest BCUT2D eigenvalue weighted by Crippen LogP contribution is -2.28. The van der Waals surface area contributed by atoms with Gasteiger partial charge < -0.3 is 0 Å². The second-order valence-electron chi connectivity index (χ2n) is 5.29. The van der Waals surface area contributed by atoms with E-state index in [1.165, 1.54) is 11.1 Å². The van der Waals surface area contributed by atoms with Crippen molar-refractivity contribution >= 4 is 39.3 Å². The van der Waals surface area contributed by atoms with Crippen LogP contribution < -0.4 is 4.90 Å². The lowest BCUT2D eigenvalue weighted by molar-refractivity contribution is -0.115. The van der Waals surface area contributed by atoms with E-state index in [-0.39, 0.29) is 11.3 Å². The zero-order valence-corrected chi connectivity index (χ0v) is 14.4. The van der Waals surface area contributed by atoms with Gasteiger partial charge in [-0.05, 0) is 48.7 Å². The minimum Gasteiger partial charge on any atom is -0.295 e. The van der Waals surface area contributed by atoms with Gasteiger partial charge in [0.1, 0.15) is 5.37 Å². The Morgan fingerprint density at radius 1 is 1.14 bits per heavy atom. The van der Waals surface area contributed by atoms with Crippen LogP contribution in [0.5, 0.6) is 0 Å². The molecular weight excluding hydrogens is 346 g/mol. The molecule has 1 unspecified atom stereocenters. The summed E-state index contributed by atoms with van der Waals surface area (Å²) in [6.45, 7) is 4.13. The molecular formula is C17H16BrNOS. The standard InChI is InChI=1S/C17H16BrNOS/c1-11-7-12(2)9-13(8-11)19-16(20)10-21-17(19)14-5-3-4-6-15(14)18/h3-9,17H,10H2,1-2H3. The van der Waals surface area contributed by atoms with Crippen molar-refractivity contribution < 1.29 is 4.79 Å². The maximum atomic E-state index is 12.4. The van der Waals surface area contributed by atoms with Gasteiger partial charge in [0.25, 0.3) is 0 Å². The molecule has 1 amide bonds. The number of amides is 1. The quantitative estimate of drug-likeness (QED) is 0.762. The molecule has 1 atom stereocenters. The number of benzene rings is 2. The third kappa shape index (κ3) is 2.87. The number of hydrogen-bond acceptors (Lipinski definition) is 2. The highest BCUT2D eigenvalue weighted by molar-refractivity contribution is 9.10. The molecule has 0 saturated carbocycles. The fraction of sp³-hybridized carbons (Fsp3) is 0.235.